The van der Waals surface area contributed by atoms with Crippen LogP contribution in [0.2, 0.25) is 0 Å². The van der Waals surface area contributed by atoms with Gasteiger partial charge in [-0.3, -0.25) is 4.79 Å². The van der Waals surface area contributed by atoms with Gasteiger partial charge in [0.05, 0.1) is 6.61 Å². The summed E-state index contributed by atoms with van der Waals surface area (Å²) >= 11 is 0. The molecule has 5 heteroatoms. The second-order valence-electron chi connectivity index (χ2n) is 5.18. The molecule has 0 amide bonds. The highest BCUT2D eigenvalue weighted by Crippen LogP contribution is 2.24. The summed E-state index contributed by atoms with van der Waals surface area (Å²) in [5.41, 5.74) is 0.960. The topological polar surface area (TPSA) is 54.1 Å². The Morgan fingerprint density at radius 3 is 3.00 bits per heavy atom. The van der Waals surface area contributed by atoms with Gasteiger partial charge in [-0.2, -0.15) is 0 Å². The number of H-pyrrole nitrogens is 1. The lowest BCUT2D eigenvalue weighted by atomic mass is 10.1. The molecule has 0 saturated carbocycles. The lowest BCUT2D eigenvalue weighted by molar-refractivity contribution is 0.259. The van der Waals surface area contributed by atoms with Crippen molar-refractivity contribution in [1.29, 1.82) is 0 Å². The van der Waals surface area contributed by atoms with Crippen molar-refractivity contribution in [2.75, 3.05) is 19.7 Å². The first-order chi connectivity index (χ1) is 9.24. The molecule has 1 saturated heterocycles. The minimum absolute atomic E-state index is 0. The third-order valence-corrected chi connectivity index (χ3v) is 3.71. The van der Waals surface area contributed by atoms with Crippen molar-refractivity contribution in [3.05, 3.63) is 40.3 Å². The average Bonchev–Trinajstić information content (AvgIpc) is 2.91. The predicted octanol–water partition coefficient (Wildman–Crippen LogP) is 2.25. The van der Waals surface area contributed by atoms with Crippen LogP contribution in [0, 0.1) is 12.8 Å². The fourth-order valence-corrected chi connectivity index (χ4v) is 2.54. The number of hydrogen-bond acceptors (Lipinski definition) is 3. The van der Waals surface area contributed by atoms with Crippen LogP contribution < -0.4 is 15.6 Å². The molecule has 1 atom stereocenters. The van der Waals surface area contributed by atoms with E-state index in [4.69, 9.17) is 4.74 Å². The largest absolute Gasteiger partial charge is 0.493 e. The minimum atomic E-state index is -0.0489. The van der Waals surface area contributed by atoms with Crippen molar-refractivity contribution >= 4 is 23.2 Å². The molecular formula is C15H19ClN2O2. The van der Waals surface area contributed by atoms with Crippen molar-refractivity contribution in [2.24, 2.45) is 5.92 Å². The zero-order valence-electron chi connectivity index (χ0n) is 11.4. The summed E-state index contributed by atoms with van der Waals surface area (Å²) in [5.74, 6) is 1.47. The average molecular weight is 295 g/mol. The Morgan fingerprint density at radius 1 is 1.40 bits per heavy atom. The molecule has 20 heavy (non-hydrogen) atoms. The van der Waals surface area contributed by atoms with Crippen LogP contribution in [0.15, 0.2) is 29.2 Å². The summed E-state index contributed by atoms with van der Waals surface area (Å²) in [6, 6.07) is 5.76. The quantitative estimate of drug-likeness (QED) is 0.913. The maximum absolute atomic E-state index is 11.7. The monoisotopic (exact) mass is 294 g/mol. The van der Waals surface area contributed by atoms with Crippen LogP contribution in [0.25, 0.3) is 10.8 Å². The third-order valence-electron chi connectivity index (χ3n) is 3.71. The molecule has 2 N–H and O–H groups in total. The van der Waals surface area contributed by atoms with E-state index < -0.39 is 0 Å². The first-order valence-corrected chi connectivity index (χ1v) is 6.69. The van der Waals surface area contributed by atoms with Gasteiger partial charge in [0.2, 0.25) is 0 Å². The highest BCUT2D eigenvalue weighted by atomic mass is 35.5. The summed E-state index contributed by atoms with van der Waals surface area (Å²) in [7, 11) is 0. The second kappa shape index (κ2) is 6.29. The summed E-state index contributed by atoms with van der Waals surface area (Å²) < 4.78 is 5.92. The summed E-state index contributed by atoms with van der Waals surface area (Å²) in [6.07, 6.45) is 2.84. The molecule has 0 unspecified atom stereocenters. The molecule has 2 aromatic rings. The Kier molecular flexibility index (Phi) is 4.68. The Hall–Kier alpha value is -1.52. The van der Waals surface area contributed by atoms with E-state index in [2.05, 4.69) is 10.3 Å². The predicted molar refractivity (Wildman–Crippen MR) is 83.0 cm³/mol. The van der Waals surface area contributed by atoms with E-state index in [1.54, 1.807) is 6.20 Å². The molecule has 1 aromatic heterocycles. The van der Waals surface area contributed by atoms with Crippen LogP contribution in [-0.2, 0) is 0 Å². The van der Waals surface area contributed by atoms with E-state index in [0.717, 1.165) is 41.8 Å². The Bertz CT molecular complexity index is 648. The zero-order chi connectivity index (χ0) is 13.2. The lowest BCUT2D eigenvalue weighted by Crippen LogP contribution is -2.16. The van der Waals surface area contributed by atoms with Gasteiger partial charge in [-0.1, -0.05) is 0 Å². The fraction of sp³-hybridized carbons (Fsp3) is 0.400. The highest BCUT2D eigenvalue weighted by molar-refractivity contribution is 5.85. The lowest BCUT2D eigenvalue weighted by Gasteiger charge is -2.13. The van der Waals surface area contributed by atoms with Crippen LogP contribution in [0.1, 0.15) is 12.0 Å². The first kappa shape index (κ1) is 14.9. The van der Waals surface area contributed by atoms with Crippen molar-refractivity contribution in [3.63, 3.8) is 0 Å². The van der Waals surface area contributed by atoms with Gasteiger partial charge >= 0.3 is 0 Å². The minimum Gasteiger partial charge on any atom is -0.493 e. The second-order valence-corrected chi connectivity index (χ2v) is 5.18. The SMILES string of the molecule is Cc1cc2c(=O)[nH]ccc2cc1OC[C@@H]1CCNC1.Cl. The number of ether oxygens (including phenoxy) is 1. The summed E-state index contributed by atoms with van der Waals surface area (Å²) in [4.78, 5) is 14.4. The molecule has 0 aliphatic carbocycles. The number of halogens is 1. The van der Waals surface area contributed by atoms with Crippen molar-refractivity contribution in [1.82, 2.24) is 10.3 Å². The molecule has 1 fully saturated rings. The van der Waals surface area contributed by atoms with Gasteiger partial charge in [0.15, 0.2) is 0 Å². The fourth-order valence-electron chi connectivity index (χ4n) is 2.54. The zero-order valence-corrected chi connectivity index (χ0v) is 12.3. The number of rotatable bonds is 3. The number of fused-ring (bicyclic) bond motifs is 1. The first-order valence-electron chi connectivity index (χ1n) is 6.69. The molecule has 1 aliphatic heterocycles. The van der Waals surface area contributed by atoms with Crippen LogP contribution in [0.3, 0.4) is 0 Å². The molecular weight excluding hydrogens is 276 g/mol. The number of aryl methyl sites for hydroxylation is 1. The number of aromatic amines is 1. The van der Waals surface area contributed by atoms with Crippen molar-refractivity contribution < 1.29 is 4.74 Å². The number of aromatic nitrogens is 1. The van der Waals surface area contributed by atoms with E-state index in [1.165, 1.54) is 6.42 Å². The van der Waals surface area contributed by atoms with Gasteiger partial charge in [-0.15, -0.1) is 12.4 Å². The van der Waals surface area contributed by atoms with Crippen LogP contribution >= 0.6 is 12.4 Å². The number of nitrogens with one attached hydrogen (secondary N) is 2. The molecule has 0 spiro atoms. The smallest absolute Gasteiger partial charge is 0.255 e. The molecule has 108 valence electrons. The molecule has 3 rings (SSSR count). The van der Waals surface area contributed by atoms with Gasteiger partial charge in [-0.25, -0.2) is 0 Å². The Labute approximate surface area is 123 Å². The van der Waals surface area contributed by atoms with Gasteiger partial charge in [0.25, 0.3) is 5.56 Å². The van der Waals surface area contributed by atoms with Gasteiger partial charge < -0.3 is 15.0 Å². The van der Waals surface area contributed by atoms with Gasteiger partial charge in [-0.05, 0) is 49.0 Å². The van der Waals surface area contributed by atoms with E-state index in [1.807, 2.05) is 25.1 Å². The molecule has 1 aromatic carbocycles. The molecule has 0 radical (unpaired) electrons. The van der Waals surface area contributed by atoms with Gasteiger partial charge in [0, 0.05) is 24.0 Å². The molecule has 1 aliphatic rings. The van der Waals surface area contributed by atoms with Crippen molar-refractivity contribution in [3.8, 4) is 5.75 Å². The maximum atomic E-state index is 11.7. The van der Waals surface area contributed by atoms with E-state index in [-0.39, 0.29) is 18.0 Å². The van der Waals surface area contributed by atoms with E-state index in [0.29, 0.717) is 5.92 Å². The number of benzene rings is 1. The third kappa shape index (κ3) is 2.97. The van der Waals surface area contributed by atoms with Crippen molar-refractivity contribution in [2.45, 2.75) is 13.3 Å². The number of hydrogen-bond donors (Lipinski definition) is 2. The Balaban J connectivity index is 0.00000147. The van der Waals surface area contributed by atoms with Crippen LogP contribution in [0.5, 0.6) is 5.75 Å². The maximum Gasteiger partial charge on any atom is 0.255 e. The van der Waals surface area contributed by atoms with E-state index >= 15 is 0 Å². The summed E-state index contributed by atoms with van der Waals surface area (Å²) in [5, 5.41) is 4.98. The van der Waals surface area contributed by atoms with E-state index in [9.17, 15) is 4.79 Å². The highest BCUT2D eigenvalue weighted by Gasteiger charge is 2.15. The van der Waals surface area contributed by atoms with Crippen LogP contribution in [-0.4, -0.2) is 24.7 Å². The molecule has 0 bridgehead atoms. The van der Waals surface area contributed by atoms with Crippen LogP contribution in [0.4, 0.5) is 0 Å². The Morgan fingerprint density at radius 2 is 2.25 bits per heavy atom. The molecule has 4 nitrogen and oxygen atoms in total. The molecule has 2 heterocycles. The standard InChI is InChI=1S/C15H18N2O2.ClH/c1-10-6-13-12(3-5-17-15(13)18)7-14(10)19-9-11-2-4-16-8-11;/h3,5-7,11,16H,2,4,8-9H2,1H3,(H,17,18);1H/t11-;/m1./s1. The number of pyridine rings is 1. The van der Waals surface area contributed by atoms with Gasteiger partial charge in [0.1, 0.15) is 5.75 Å². The normalized spacial score (nSPS) is 17.9. The summed E-state index contributed by atoms with van der Waals surface area (Å²) in [6.45, 7) is 4.84.